The maximum Gasteiger partial charge on any atom is 0.248 e. The molecule has 2 amide bonds. The van der Waals surface area contributed by atoms with E-state index in [9.17, 15) is 18.0 Å². The van der Waals surface area contributed by atoms with Crippen molar-refractivity contribution in [2.75, 3.05) is 30.4 Å². The molecule has 0 aliphatic carbocycles. The lowest BCUT2D eigenvalue weighted by molar-refractivity contribution is -0.130. The molecule has 1 aliphatic heterocycles. The SMILES string of the molecule is CSCC[C@H](NC(=O)[C@H]1CCCN(S(=O)(=O)c2ccccc2)C1)C(=O)Nc1nccs1. The van der Waals surface area contributed by atoms with Crippen LogP contribution in [0.5, 0.6) is 0 Å². The first-order valence-electron chi connectivity index (χ1n) is 9.96. The van der Waals surface area contributed by atoms with Crippen LogP contribution in [0.4, 0.5) is 5.13 Å². The van der Waals surface area contributed by atoms with E-state index in [-0.39, 0.29) is 23.3 Å². The minimum absolute atomic E-state index is 0.104. The Morgan fingerprint density at radius 3 is 2.77 bits per heavy atom. The van der Waals surface area contributed by atoms with Gasteiger partial charge in [-0.15, -0.1) is 11.3 Å². The lowest BCUT2D eigenvalue weighted by Gasteiger charge is -2.32. The van der Waals surface area contributed by atoms with Crippen LogP contribution in [0.2, 0.25) is 0 Å². The summed E-state index contributed by atoms with van der Waals surface area (Å²) in [5, 5.41) is 7.81. The summed E-state index contributed by atoms with van der Waals surface area (Å²) in [6.45, 7) is 0.480. The van der Waals surface area contributed by atoms with Crippen LogP contribution in [0.3, 0.4) is 0 Å². The van der Waals surface area contributed by atoms with E-state index in [1.54, 1.807) is 53.7 Å². The zero-order valence-corrected chi connectivity index (χ0v) is 19.6. The Morgan fingerprint density at radius 1 is 1.32 bits per heavy atom. The lowest BCUT2D eigenvalue weighted by atomic mass is 9.98. The molecular weight excluding hydrogens is 456 g/mol. The van der Waals surface area contributed by atoms with Gasteiger partial charge in [0.25, 0.3) is 0 Å². The van der Waals surface area contributed by atoms with Crippen molar-refractivity contribution in [3.8, 4) is 0 Å². The molecule has 2 heterocycles. The van der Waals surface area contributed by atoms with Crippen molar-refractivity contribution >= 4 is 50.1 Å². The van der Waals surface area contributed by atoms with Gasteiger partial charge in [-0.3, -0.25) is 9.59 Å². The number of carbonyl (C=O) groups is 2. The number of rotatable bonds is 9. The fourth-order valence-corrected chi connectivity index (χ4v) is 5.94. The molecule has 2 atom stereocenters. The fraction of sp³-hybridized carbons (Fsp3) is 0.450. The third-order valence-corrected chi connectivity index (χ3v) is 8.25. The van der Waals surface area contributed by atoms with Gasteiger partial charge in [-0.05, 0) is 43.4 Å². The Labute approximate surface area is 190 Å². The van der Waals surface area contributed by atoms with E-state index in [2.05, 4.69) is 15.6 Å². The van der Waals surface area contributed by atoms with Gasteiger partial charge in [-0.25, -0.2) is 13.4 Å². The number of thioether (sulfide) groups is 1. The number of piperidine rings is 1. The van der Waals surface area contributed by atoms with E-state index >= 15 is 0 Å². The molecule has 1 saturated heterocycles. The summed E-state index contributed by atoms with van der Waals surface area (Å²) in [7, 11) is -3.66. The van der Waals surface area contributed by atoms with Crippen molar-refractivity contribution in [1.29, 1.82) is 0 Å². The number of nitrogens with one attached hydrogen (secondary N) is 2. The minimum Gasteiger partial charge on any atom is -0.344 e. The normalized spacial score (nSPS) is 18.3. The molecule has 1 aromatic carbocycles. The van der Waals surface area contributed by atoms with Crippen LogP contribution in [0.15, 0.2) is 46.8 Å². The Balaban J connectivity index is 1.66. The summed E-state index contributed by atoms with van der Waals surface area (Å²) < 4.78 is 27.2. The molecular formula is C20H26N4O4S3. The van der Waals surface area contributed by atoms with Gasteiger partial charge >= 0.3 is 0 Å². The molecule has 11 heteroatoms. The largest absolute Gasteiger partial charge is 0.344 e. The van der Waals surface area contributed by atoms with Crippen molar-refractivity contribution in [2.45, 2.75) is 30.2 Å². The molecule has 0 spiro atoms. The second-order valence-corrected chi connectivity index (χ2v) is 11.0. The van der Waals surface area contributed by atoms with Gasteiger partial charge in [-0.1, -0.05) is 18.2 Å². The molecule has 1 aliphatic rings. The van der Waals surface area contributed by atoms with Gasteiger partial charge in [0.05, 0.1) is 10.8 Å². The summed E-state index contributed by atoms with van der Waals surface area (Å²) in [6, 6.07) is 7.53. The first-order valence-corrected chi connectivity index (χ1v) is 13.7. The Bertz CT molecular complexity index is 968. The average Bonchev–Trinajstić information content (AvgIpc) is 3.30. The van der Waals surface area contributed by atoms with E-state index < -0.39 is 22.0 Å². The zero-order chi connectivity index (χ0) is 22.3. The molecule has 2 N–H and O–H groups in total. The number of nitrogens with zero attached hydrogens (tertiary/aromatic N) is 2. The number of amides is 2. The predicted molar refractivity (Wildman–Crippen MR) is 124 cm³/mol. The highest BCUT2D eigenvalue weighted by molar-refractivity contribution is 7.98. The van der Waals surface area contributed by atoms with Gasteiger partial charge in [0.15, 0.2) is 5.13 Å². The van der Waals surface area contributed by atoms with Crippen LogP contribution in [0.1, 0.15) is 19.3 Å². The number of hydrogen-bond acceptors (Lipinski definition) is 7. The molecule has 31 heavy (non-hydrogen) atoms. The van der Waals surface area contributed by atoms with E-state index in [0.717, 1.165) is 0 Å². The first kappa shape index (κ1) is 23.7. The second-order valence-electron chi connectivity index (χ2n) is 7.18. The summed E-state index contributed by atoms with van der Waals surface area (Å²) in [5.41, 5.74) is 0. The summed E-state index contributed by atoms with van der Waals surface area (Å²) in [5.74, 6) is -0.415. The van der Waals surface area contributed by atoms with Gasteiger partial charge in [-0.2, -0.15) is 16.1 Å². The maximum atomic E-state index is 13.0. The van der Waals surface area contributed by atoms with Crippen LogP contribution >= 0.6 is 23.1 Å². The smallest absolute Gasteiger partial charge is 0.248 e. The summed E-state index contributed by atoms with van der Waals surface area (Å²) >= 11 is 2.89. The van der Waals surface area contributed by atoms with E-state index in [4.69, 9.17) is 0 Å². The lowest BCUT2D eigenvalue weighted by Crippen LogP contribution is -2.50. The van der Waals surface area contributed by atoms with Gasteiger partial charge in [0, 0.05) is 24.7 Å². The van der Waals surface area contributed by atoms with E-state index in [1.807, 2.05) is 6.26 Å². The average molecular weight is 483 g/mol. The molecule has 1 aromatic heterocycles. The molecule has 8 nitrogen and oxygen atoms in total. The van der Waals surface area contributed by atoms with Crippen LogP contribution in [0, 0.1) is 5.92 Å². The van der Waals surface area contributed by atoms with Crippen LogP contribution in [-0.2, 0) is 19.6 Å². The molecule has 0 radical (unpaired) electrons. The van der Waals surface area contributed by atoms with Crippen molar-refractivity contribution < 1.29 is 18.0 Å². The number of sulfonamides is 1. The van der Waals surface area contributed by atoms with Crippen molar-refractivity contribution in [3.63, 3.8) is 0 Å². The van der Waals surface area contributed by atoms with E-state index in [1.165, 1.54) is 15.6 Å². The van der Waals surface area contributed by atoms with Gasteiger partial charge in [0.2, 0.25) is 21.8 Å². The molecule has 2 aromatic rings. The Kier molecular flexibility index (Phi) is 8.47. The monoisotopic (exact) mass is 482 g/mol. The summed E-state index contributed by atoms with van der Waals surface area (Å²) in [6.07, 6.45) is 5.18. The van der Waals surface area contributed by atoms with Gasteiger partial charge in [0.1, 0.15) is 6.04 Å². The van der Waals surface area contributed by atoms with E-state index in [0.29, 0.717) is 36.7 Å². The highest BCUT2D eigenvalue weighted by atomic mass is 32.2. The van der Waals surface area contributed by atoms with Crippen LogP contribution in [-0.4, -0.2) is 60.7 Å². The predicted octanol–water partition coefficient (Wildman–Crippen LogP) is 2.42. The highest BCUT2D eigenvalue weighted by Crippen LogP contribution is 2.24. The number of anilines is 1. The standard InChI is InChI=1S/C20H26N4O4S3/c1-29-12-9-17(19(26)23-20-21-10-13-30-20)22-18(25)15-6-5-11-24(14-15)31(27,28)16-7-3-2-4-8-16/h2-4,7-8,10,13,15,17H,5-6,9,11-12,14H2,1H3,(H,22,25)(H,21,23,26)/t15-,17-/m0/s1. The minimum atomic E-state index is -3.66. The van der Waals surface area contributed by atoms with Crippen molar-refractivity contribution in [1.82, 2.24) is 14.6 Å². The molecule has 0 saturated carbocycles. The number of hydrogen-bond donors (Lipinski definition) is 2. The summed E-state index contributed by atoms with van der Waals surface area (Å²) in [4.78, 5) is 29.9. The maximum absolute atomic E-state index is 13.0. The molecule has 0 unspecified atom stereocenters. The molecule has 1 fully saturated rings. The Hall–Kier alpha value is -1.95. The zero-order valence-electron chi connectivity index (χ0n) is 17.2. The van der Waals surface area contributed by atoms with Gasteiger partial charge < -0.3 is 10.6 Å². The number of thiazole rings is 1. The molecule has 0 bridgehead atoms. The Morgan fingerprint density at radius 2 is 2.10 bits per heavy atom. The topological polar surface area (TPSA) is 108 Å². The first-order chi connectivity index (χ1) is 14.9. The van der Waals surface area contributed by atoms with Crippen LogP contribution in [0.25, 0.3) is 0 Å². The number of benzene rings is 1. The highest BCUT2D eigenvalue weighted by Gasteiger charge is 2.34. The quantitative estimate of drug-likeness (QED) is 0.568. The van der Waals surface area contributed by atoms with Crippen molar-refractivity contribution in [3.05, 3.63) is 41.9 Å². The van der Waals surface area contributed by atoms with Crippen molar-refractivity contribution in [2.24, 2.45) is 5.92 Å². The number of carbonyl (C=O) groups excluding carboxylic acids is 2. The molecule has 3 rings (SSSR count). The fourth-order valence-electron chi connectivity index (χ4n) is 3.39. The van der Waals surface area contributed by atoms with Crippen LogP contribution < -0.4 is 10.6 Å². The number of aromatic nitrogens is 1. The third kappa shape index (κ3) is 6.28. The molecule has 168 valence electrons. The second kappa shape index (κ2) is 11.1. The third-order valence-electron chi connectivity index (χ3n) is 5.04.